The summed E-state index contributed by atoms with van der Waals surface area (Å²) in [6.45, 7) is -0.322. The van der Waals surface area contributed by atoms with E-state index in [9.17, 15) is 38.7 Å². The number of hydrogen-bond acceptors (Lipinski definition) is 20. The Balaban J connectivity index is 0.00000625. The topological polar surface area (TPSA) is 273 Å². The Kier molecular flexibility index (Phi) is 23.2. The van der Waals surface area contributed by atoms with Crippen molar-refractivity contribution in [1.29, 1.82) is 0 Å². The second kappa shape index (κ2) is 25.1. The molecule has 3 rings (SSSR count). The molecule has 0 aliphatic carbocycles. The molecule has 1 aromatic heterocycles. The average Bonchev–Trinajstić information content (AvgIpc) is 3.04. The monoisotopic (exact) mass is 757 g/mol. The van der Waals surface area contributed by atoms with Gasteiger partial charge in [-0.1, -0.05) is 6.07 Å². The second-order valence-corrected chi connectivity index (χ2v) is 11.9. The second-order valence-electron chi connectivity index (χ2n) is 9.64. The number of anilines is 7. The zero-order valence-electron chi connectivity index (χ0n) is 27.6. The van der Waals surface area contributed by atoms with Crippen LogP contribution in [0.25, 0.3) is 0 Å². The summed E-state index contributed by atoms with van der Waals surface area (Å²) < 4.78 is 37.5. The Hall–Kier alpha value is -1.90. The SMILES string of the molecule is O=S(=O)([O-])CCNc1nc(Nc2cccc(Nc3cc(N=CCSOO[O-])cc(N(CCO)CCO)c3)c2)nc(N(CCO)CCO)n1.[Na+].[Na+]. The van der Waals surface area contributed by atoms with Crippen LogP contribution in [-0.4, -0.2) is 125 Å². The van der Waals surface area contributed by atoms with Crippen molar-refractivity contribution < 1.29 is 107 Å². The van der Waals surface area contributed by atoms with Gasteiger partial charge in [0, 0.05) is 73.7 Å². The number of nitrogens with zero attached hydrogens (tertiary/aromatic N) is 6. The van der Waals surface area contributed by atoms with Crippen LogP contribution in [0.15, 0.2) is 47.5 Å². The number of aliphatic imine (C=N–C) groups is 1. The molecule has 19 nitrogen and oxygen atoms in total. The zero-order valence-corrected chi connectivity index (χ0v) is 33.3. The molecule has 0 saturated heterocycles. The van der Waals surface area contributed by atoms with Gasteiger partial charge in [0.2, 0.25) is 17.8 Å². The molecule has 0 spiro atoms. The number of hydrogen-bond donors (Lipinski definition) is 7. The molecule has 0 amide bonds. The third-order valence-corrected chi connectivity index (χ3v) is 7.30. The quantitative estimate of drug-likeness (QED) is 0.00901. The van der Waals surface area contributed by atoms with E-state index in [2.05, 4.69) is 45.3 Å². The van der Waals surface area contributed by atoms with Crippen LogP contribution in [0.4, 0.5) is 46.3 Å². The molecule has 2 aromatic carbocycles. The van der Waals surface area contributed by atoms with E-state index in [4.69, 9.17) is 0 Å². The number of rotatable bonds is 23. The molecule has 0 aliphatic rings. The summed E-state index contributed by atoms with van der Waals surface area (Å²) in [4.78, 5) is 20.6. The maximum absolute atomic E-state index is 11.1. The van der Waals surface area contributed by atoms with E-state index < -0.39 is 15.9 Å². The minimum absolute atomic E-state index is 0. The van der Waals surface area contributed by atoms with E-state index in [1.165, 1.54) is 11.1 Å². The first kappa shape index (κ1) is 46.1. The molecule has 0 atom stereocenters. The van der Waals surface area contributed by atoms with Crippen LogP contribution in [0.1, 0.15) is 0 Å². The van der Waals surface area contributed by atoms with Crippen molar-refractivity contribution in [2.24, 2.45) is 4.99 Å². The summed E-state index contributed by atoms with van der Waals surface area (Å²) in [7, 11) is -4.49. The first-order chi connectivity index (χ1) is 23.2. The van der Waals surface area contributed by atoms with Gasteiger partial charge in [0.15, 0.2) is 0 Å². The molecule has 264 valence electrons. The Morgan fingerprint density at radius 2 is 1.46 bits per heavy atom. The van der Waals surface area contributed by atoms with Crippen molar-refractivity contribution in [1.82, 2.24) is 15.0 Å². The van der Waals surface area contributed by atoms with Crippen molar-refractivity contribution in [3.05, 3.63) is 42.5 Å². The number of benzene rings is 2. The van der Waals surface area contributed by atoms with Crippen LogP contribution in [0.2, 0.25) is 0 Å². The Morgan fingerprint density at radius 3 is 2.08 bits per heavy atom. The average molecular weight is 758 g/mol. The van der Waals surface area contributed by atoms with Crippen LogP contribution >= 0.6 is 12.0 Å². The molecule has 0 unspecified atom stereocenters. The molecule has 0 bridgehead atoms. The first-order valence-electron chi connectivity index (χ1n) is 14.4. The fourth-order valence-electron chi connectivity index (χ4n) is 4.21. The van der Waals surface area contributed by atoms with Crippen molar-refractivity contribution in [3.8, 4) is 0 Å². The number of nitrogens with one attached hydrogen (secondary N) is 3. The minimum atomic E-state index is -4.49. The fourth-order valence-corrected chi connectivity index (χ4v) is 4.79. The Morgan fingerprint density at radius 1 is 0.840 bits per heavy atom. The van der Waals surface area contributed by atoms with Gasteiger partial charge in [-0.3, -0.25) is 10.0 Å². The maximum Gasteiger partial charge on any atom is 1.00 e. The smallest absolute Gasteiger partial charge is 0.748 e. The number of aromatic nitrogens is 3. The van der Waals surface area contributed by atoms with Crippen LogP contribution < -0.4 is 90.1 Å². The number of aliphatic hydroxyl groups is 4. The van der Waals surface area contributed by atoms with Crippen LogP contribution in [-0.2, 0) is 19.5 Å². The molecule has 0 radical (unpaired) electrons. The summed E-state index contributed by atoms with van der Waals surface area (Å²) in [6, 6.07) is 12.4. The predicted molar refractivity (Wildman–Crippen MR) is 178 cm³/mol. The van der Waals surface area contributed by atoms with Gasteiger partial charge < -0.3 is 56.0 Å². The van der Waals surface area contributed by atoms with E-state index >= 15 is 0 Å². The van der Waals surface area contributed by atoms with Crippen molar-refractivity contribution in [2.45, 2.75) is 0 Å². The van der Waals surface area contributed by atoms with Gasteiger partial charge in [0.05, 0.1) is 53.7 Å². The van der Waals surface area contributed by atoms with Gasteiger partial charge in [0.25, 0.3) is 0 Å². The van der Waals surface area contributed by atoms with Crippen LogP contribution in [0, 0.1) is 0 Å². The summed E-state index contributed by atoms with van der Waals surface area (Å²) in [5.74, 6) is -0.366. The molecule has 7 N–H and O–H groups in total. The Labute approximate surface area is 337 Å². The molecule has 0 saturated carbocycles. The van der Waals surface area contributed by atoms with E-state index in [0.717, 1.165) is 12.0 Å². The van der Waals surface area contributed by atoms with E-state index in [-0.39, 0.29) is 142 Å². The minimum Gasteiger partial charge on any atom is -0.748 e. The van der Waals surface area contributed by atoms with Gasteiger partial charge in [0.1, 0.15) is 0 Å². The van der Waals surface area contributed by atoms with E-state index in [1.807, 2.05) is 6.07 Å². The largest absolute Gasteiger partial charge is 1.00 e. The molecule has 50 heavy (non-hydrogen) atoms. The molecular weight excluding hydrogens is 720 g/mol. The van der Waals surface area contributed by atoms with Gasteiger partial charge >= 0.3 is 59.1 Å². The summed E-state index contributed by atoms with van der Waals surface area (Å²) in [6.07, 6.45) is 1.52. The Bertz CT molecular complexity index is 1560. The van der Waals surface area contributed by atoms with Crippen molar-refractivity contribution >= 4 is 74.7 Å². The van der Waals surface area contributed by atoms with Gasteiger partial charge in [-0.05, 0) is 36.4 Å². The normalized spacial score (nSPS) is 11.1. The zero-order chi connectivity index (χ0) is 34.8. The molecule has 23 heteroatoms. The summed E-state index contributed by atoms with van der Waals surface area (Å²) in [5, 5.41) is 60.5. The molecule has 0 aliphatic heterocycles. The fraction of sp³-hybridized carbons (Fsp3) is 0.407. The van der Waals surface area contributed by atoms with Gasteiger partial charge in [-0.25, -0.2) is 8.42 Å². The standard InChI is InChI=1S/C27H39N9O10S2.2Na/c37-10-6-35(7-11-38)24-18-22(28-4-14-47-46-45-41)17-23(19-24)30-20-2-1-3-21(16-20)31-26-32-25(29-5-15-48(42,43)44)33-27(34-26)36(8-12-39)9-13-40;;/h1-4,16-19,30,37-41H,5-15H2,(H,42,43,44)(H2,29,31,32,33,34);;/q;2*+1/p-2. The van der Waals surface area contributed by atoms with E-state index in [0.29, 0.717) is 28.4 Å². The van der Waals surface area contributed by atoms with Crippen molar-refractivity contribution in [2.75, 3.05) is 96.4 Å². The third-order valence-electron chi connectivity index (χ3n) is 6.16. The summed E-state index contributed by atoms with van der Waals surface area (Å²) in [5.41, 5.74) is 3.00. The van der Waals surface area contributed by atoms with Crippen molar-refractivity contribution in [3.63, 3.8) is 0 Å². The first-order valence-corrected chi connectivity index (χ1v) is 16.9. The maximum atomic E-state index is 11.1. The number of aliphatic hydroxyl groups excluding tert-OH is 4. The molecule has 0 fully saturated rings. The summed E-state index contributed by atoms with van der Waals surface area (Å²) >= 11 is 0.758. The molecule has 1 heterocycles. The van der Waals surface area contributed by atoms with Gasteiger partial charge in [-0.15, -0.1) is 0 Å². The predicted octanol–water partition coefficient (Wildman–Crippen LogP) is -6.52. The van der Waals surface area contributed by atoms with Gasteiger partial charge in [-0.2, -0.15) is 19.3 Å². The van der Waals surface area contributed by atoms with E-state index in [1.54, 1.807) is 41.3 Å². The van der Waals surface area contributed by atoms with Crippen LogP contribution in [0.5, 0.6) is 0 Å². The third kappa shape index (κ3) is 17.1. The van der Waals surface area contributed by atoms with Crippen LogP contribution in [0.3, 0.4) is 0 Å². The molecular formula is C27H37N9Na2O10S2. The molecule has 3 aromatic rings.